The van der Waals surface area contributed by atoms with Crippen LogP contribution in [0.15, 0.2) is 24.8 Å². The van der Waals surface area contributed by atoms with Gasteiger partial charge in [0.2, 0.25) is 5.39 Å². The van der Waals surface area contributed by atoms with Gasteiger partial charge in [0.1, 0.15) is 5.69 Å². The molecule has 0 saturated heterocycles. The number of carbonyl (C=O) groups excluding carboxylic acids is 1. The average molecular weight is 246 g/mol. The van der Waals surface area contributed by atoms with Crippen LogP contribution in [-0.4, -0.2) is 19.7 Å². The van der Waals surface area contributed by atoms with Crippen molar-refractivity contribution in [3.8, 4) is 0 Å². The Balaban J connectivity index is 3.35. The molecule has 0 atom stereocenters. The number of anilines is 1. The lowest BCUT2D eigenvalue weighted by atomic mass is 10.1. The first-order valence-corrected chi connectivity index (χ1v) is 5.47. The summed E-state index contributed by atoms with van der Waals surface area (Å²) in [4.78, 5) is 16.3. The van der Waals surface area contributed by atoms with Crippen LogP contribution in [-0.2, 0) is 4.74 Å². The molecule has 0 aliphatic carbocycles. The highest BCUT2D eigenvalue weighted by atomic mass is 16.5. The number of nitrogens with zero attached hydrogens (tertiary/aromatic N) is 3. The summed E-state index contributed by atoms with van der Waals surface area (Å²) in [5.74, 6) is 0. The SMILES string of the molecule is C=CCN(C(=O)OC)c1cc(C)c(C)cc1[N+]#N. The molecule has 0 saturated carbocycles. The van der Waals surface area contributed by atoms with E-state index in [0.717, 1.165) is 11.1 Å². The number of aryl methyl sites for hydroxylation is 2. The second kappa shape index (κ2) is 5.82. The molecule has 1 aromatic carbocycles. The number of diazo groups is 1. The van der Waals surface area contributed by atoms with Gasteiger partial charge >= 0.3 is 11.8 Å². The summed E-state index contributed by atoms with van der Waals surface area (Å²) in [5.41, 5.74) is 2.79. The monoisotopic (exact) mass is 246 g/mol. The summed E-state index contributed by atoms with van der Waals surface area (Å²) < 4.78 is 4.70. The molecule has 0 aliphatic rings. The second-order valence-electron chi connectivity index (χ2n) is 3.89. The van der Waals surface area contributed by atoms with E-state index in [0.29, 0.717) is 11.4 Å². The fourth-order valence-electron chi connectivity index (χ4n) is 1.59. The molecular formula is C13H16N3O2+. The van der Waals surface area contributed by atoms with E-state index in [2.05, 4.69) is 11.6 Å². The number of hydrogen-bond donors (Lipinski definition) is 0. The van der Waals surface area contributed by atoms with Gasteiger partial charge in [0, 0.05) is 12.6 Å². The van der Waals surface area contributed by atoms with E-state index < -0.39 is 6.09 Å². The van der Waals surface area contributed by atoms with E-state index in [9.17, 15) is 4.79 Å². The third-order valence-corrected chi connectivity index (χ3v) is 2.70. The van der Waals surface area contributed by atoms with Gasteiger partial charge in [-0.2, -0.15) is 0 Å². The molecule has 0 radical (unpaired) electrons. The minimum absolute atomic E-state index is 0.275. The molecular weight excluding hydrogens is 230 g/mol. The maximum atomic E-state index is 11.7. The summed E-state index contributed by atoms with van der Waals surface area (Å²) in [6.45, 7) is 7.70. The number of hydrogen-bond acceptors (Lipinski definition) is 3. The molecule has 94 valence electrons. The summed E-state index contributed by atoms with van der Waals surface area (Å²) in [7, 11) is 1.30. The molecule has 1 amide bonds. The van der Waals surface area contributed by atoms with E-state index >= 15 is 0 Å². The third kappa shape index (κ3) is 2.66. The minimum atomic E-state index is -0.525. The van der Waals surface area contributed by atoms with Crippen LogP contribution in [0.25, 0.3) is 4.98 Å². The smallest absolute Gasteiger partial charge is 0.414 e. The third-order valence-electron chi connectivity index (χ3n) is 2.70. The highest BCUT2D eigenvalue weighted by Crippen LogP contribution is 2.32. The van der Waals surface area contributed by atoms with Gasteiger partial charge in [-0.25, -0.2) is 4.79 Å². The molecule has 5 nitrogen and oxygen atoms in total. The van der Waals surface area contributed by atoms with Crippen LogP contribution in [0.1, 0.15) is 11.1 Å². The number of rotatable bonds is 3. The maximum Gasteiger partial charge on any atom is 0.414 e. The van der Waals surface area contributed by atoms with Gasteiger partial charge in [-0.3, -0.25) is 4.90 Å². The predicted molar refractivity (Wildman–Crippen MR) is 70.6 cm³/mol. The largest absolute Gasteiger partial charge is 0.452 e. The van der Waals surface area contributed by atoms with Gasteiger partial charge in [0.05, 0.1) is 7.11 Å². The zero-order chi connectivity index (χ0) is 13.7. The molecule has 0 bridgehead atoms. The number of carbonyl (C=O) groups is 1. The summed E-state index contributed by atoms with van der Waals surface area (Å²) in [6, 6.07) is 3.49. The first kappa shape index (κ1) is 13.7. The van der Waals surface area contributed by atoms with Crippen molar-refractivity contribution in [3.63, 3.8) is 0 Å². The summed E-state index contributed by atoms with van der Waals surface area (Å²) >= 11 is 0. The minimum Gasteiger partial charge on any atom is -0.452 e. The van der Waals surface area contributed by atoms with E-state index in [-0.39, 0.29) is 6.54 Å². The lowest BCUT2D eigenvalue weighted by Crippen LogP contribution is -2.30. The number of methoxy groups -OCH3 is 1. The Kier molecular flexibility index (Phi) is 4.44. The highest BCUT2D eigenvalue weighted by molar-refractivity contribution is 5.93. The molecule has 5 heteroatoms. The van der Waals surface area contributed by atoms with Gasteiger partial charge in [0.25, 0.3) is 0 Å². The molecule has 1 aromatic rings. The molecule has 0 spiro atoms. The van der Waals surface area contributed by atoms with Crippen molar-refractivity contribution in [3.05, 3.63) is 40.9 Å². The van der Waals surface area contributed by atoms with Gasteiger partial charge in [-0.1, -0.05) is 6.08 Å². The number of amides is 1. The fraction of sp³-hybridized carbons (Fsp3) is 0.308. The summed E-state index contributed by atoms with van der Waals surface area (Å²) in [5, 5.41) is 9.03. The first-order chi connectivity index (χ1) is 8.54. The van der Waals surface area contributed by atoms with Gasteiger partial charge in [-0.05, 0) is 31.0 Å². The second-order valence-corrected chi connectivity index (χ2v) is 3.89. The average Bonchev–Trinajstić information content (AvgIpc) is 2.38. The topological polar surface area (TPSA) is 57.7 Å². The van der Waals surface area contributed by atoms with E-state index in [1.807, 2.05) is 13.8 Å². The van der Waals surface area contributed by atoms with Crippen molar-refractivity contribution in [1.29, 1.82) is 5.39 Å². The van der Waals surface area contributed by atoms with Crippen molar-refractivity contribution in [2.45, 2.75) is 13.8 Å². The summed E-state index contributed by atoms with van der Waals surface area (Å²) in [6.07, 6.45) is 1.05. The predicted octanol–water partition coefficient (Wildman–Crippen LogP) is 3.55. The number of ether oxygens (including phenoxy) is 1. The Bertz CT molecular complexity index is 518. The van der Waals surface area contributed by atoms with E-state index in [1.54, 1.807) is 18.2 Å². The molecule has 0 aromatic heterocycles. The fourth-order valence-corrected chi connectivity index (χ4v) is 1.59. The van der Waals surface area contributed by atoms with Crippen LogP contribution in [0.4, 0.5) is 16.2 Å². The van der Waals surface area contributed by atoms with Crippen LogP contribution in [0.5, 0.6) is 0 Å². The van der Waals surface area contributed by atoms with E-state index in [1.165, 1.54) is 12.0 Å². The van der Waals surface area contributed by atoms with Crippen molar-refractivity contribution in [1.82, 2.24) is 0 Å². The van der Waals surface area contributed by atoms with Crippen LogP contribution in [0.2, 0.25) is 0 Å². The highest BCUT2D eigenvalue weighted by Gasteiger charge is 2.25. The van der Waals surface area contributed by atoms with Crippen molar-refractivity contribution in [2.75, 3.05) is 18.6 Å². The zero-order valence-electron chi connectivity index (χ0n) is 10.8. The Labute approximate surface area is 106 Å². The Hall–Kier alpha value is -2.35. The van der Waals surface area contributed by atoms with Crippen molar-refractivity contribution >= 4 is 17.5 Å². The van der Waals surface area contributed by atoms with Crippen molar-refractivity contribution in [2.24, 2.45) is 0 Å². The van der Waals surface area contributed by atoms with Crippen LogP contribution >= 0.6 is 0 Å². The van der Waals surface area contributed by atoms with Crippen LogP contribution < -0.4 is 4.90 Å². The Morgan fingerprint density at radius 3 is 2.61 bits per heavy atom. The molecule has 0 fully saturated rings. The normalized spacial score (nSPS) is 9.44. The molecule has 0 unspecified atom stereocenters. The molecule has 18 heavy (non-hydrogen) atoms. The van der Waals surface area contributed by atoms with Crippen LogP contribution in [0, 0.1) is 19.2 Å². The quantitative estimate of drug-likeness (QED) is 0.605. The number of benzene rings is 1. The maximum absolute atomic E-state index is 11.7. The Morgan fingerprint density at radius 2 is 2.11 bits per heavy atom. The van der Waals surface area contributed by atoms with E-state index in [4.69, 9.17) is 10.1 Å². The van der Waals surface area contributed by atoms with Crippen molar-refractivity contribution < 1.29 is 9.53 Å². The lowest BCUT2D eigenvalue weighted by Gasteiger charge is -2.18. The van der Waals surface area contributed by atoms with Gasteiger partial charge < -0.3 is 4.74 Å². The van der Waals surface area contributed by atoms with Gasteiger partial charge in [0.15, 0.2) is 4.98 Å². The molecule has 0 heterocycles. The standard InChI is InChI=1S/C13H16N3O2/c1-5-6-16(13(17)18-4)12-8-10(3)9(2)7-11(12)15-14/h5,7-8H,1,6H2,2-4H3/q+1. The zero-order valence-corrected chi connectivity index (χ0v) is 10.8. The molecule has 0 N–H and O–H groups in total. The Morgan fingerprint density at radius 1 is 1.50 bits per heavy atom. The molecule has 1 rings (SSSR count). The van der Waals surface area contributed by atoms with Crippen LogP contribution in [0.3, 0.4) is 0 Å². The molecule has 0 aliphatic heterocycles. The lowest BCUT2D eigenvalue weighted by molar-refractivity contribution is 0.179. The van der Waals surface area contributed by atoms with Gasteiger partial charge in [-0.15, -0.1) is 6.58 Å². The first-order valence-electron chi connectivity index (χ1n) is 5.47.